The van der Waals surface area contributed by atoms with Crippen molar-refractivity contribution in [1.82, 2.24) is 4.90 Å². The minimum atomic E-state index is -0.168. The number of urea groups is 1. The summed E-state index contributed by atoms with van der Waals surface area (Å²) in [5, 5.41) is 8.54. The Morgan fingerprint density at radius 2 is 1.91 bits per heavy atom. The number of nitrogens with zero attached hydrogens (tertiary/aromatic N) is 1. The van der Waals surface area contributed by atoms with Gasteiger partial charge in [0.1, 0.15) is 0 Å². The smallest absolute Gasteiger partial charge is 0.322 e. The van der Waals surface area contributed by atoms with Crippen LogP contribution in [0.4, 0.5) is 15.5 Å². The van der Waals surface area contributed by atoms with Crippen molar-refractivity contribution >= 4 is 34.0 Å². The molecular weight excluding hydrogens is 310 g/mol. The molecule has 3 amide bonds. The van der Waals surface area contributed by atoms with Gasteiger partial charge >= 0.3 is 6.03 Å². The van der Waals surface area contributed by atoms with E-state index in [2.05, 4.69) is 10.6 Å². The normalized spacial score (nSPS) is 17.6. The molecule has 0 aliphatic carbocycles. The molecule has 1 aliphatic heterocycles. The van der Waals surface area contributed by atoms with Crippen molar-refractivity contribution in [2.45, 2.75) is 12.8 Å². The number of benzene rings is 1. The fourth-order valence-electron chi connectivity index (χ4n) is 2.68. The van der Waals surface area contributed by atoms with E-state index in [1.54, 1.807) is 4.90 Å². The summed E-state index contributed by atoms with van der Waals surface area (Å²) in [7, 11) is 0. The summed E-state index contributed by atoms with van der Waals surface area (Å²) in [6.45, 7) is 1.14. The Labute approximate surface area is 139 Å². The Bertz CT molecular complexity index is 658. The van der Waals surface area contributed by atoms with Gasteiger partial charge in [0.15, 0.2) is 0 Å². The van der Waals surface area contributed by atoms with Crippen molar-refractivity contribution in [3.05, 3.63) is 47.8 Å². The number of nitrogens with one attached hydrogen (secondary N) is 2. The average molecular weight is 329 g/mol. The van der Waals surface area contributed by atoms with Gasteiger partial charge in [-0.2, -0.15) is 0 Å². The molecule has 2 N–H and O–H groups in total. The summed E-state index contributed by atoms with van der Waals surface area (Å²) in [6, 6.07) is 13.0. The first-order valence-corrected chi connectivity index (χ1v) is 8.55. The largest absolute Gasteiger partial charge is 0.326 e. The first kappa shape index (κ1) is 15.6. The van der Waals surface area contributed by atoms with Crippen LogP contribution in [0.15, 0.2) is 47.8 Å². The number of para-hydroxylation sites is 1. The summed E-state index contributed by atoms with van der Waals surface area (Å²) in [6.07, 6.45) is 1.65. The molecule has 0 radical (unpaired) electrons. The van der Waals surface area contributed by atoms with Gasteiger partial charge in [-0.05, 0) is 42.5 Å². The molecular formula is C17H19N3O2S. The second-order valence-electron chi connectivity index (χ2n) is 5.55. The van der Waals surface area contributed by atoms with E-state index in [0.717, 1.165) is 23.5 Å². The highest BCUT2D eigenvalue weighted by molar-refractivity contribution is 7.14. The molecule has 3 rings (SSSR count). The summed E-state index contributed by atoms with van der Waals surface area (Å²) >= 11 is 1.49. The molecule has 1 atom stereocenters. The molecule has 2 aromatic rings. The third kappa shape index (κ3) is 4.10. The molecule has 5 nitrogen and oxygen atoms in total. The maximum atomic E-state index is 12.4. The van der Waals surface area contributed by atoms with Crippen LogP contribution in [-0.2, 0) is 4.79 Å². The van der Waals surface area contributed by atoms with E-state index in [1.807, 2.05) is 47.8 Å². The standard InChI is InChI=1S/C17H19N3O2S/c21-16(18-14-7-2-1-3-8-14)13-6-4-10-20(12-13)17(22)19-15-9-5-11-23-15/h1-3,5,7-9,11,13H,4,6,10,12H2,(H,18,21)(H,19,22). The highest BCUT2D eigenvalue weighted by Gasteiger charge is 2.28. The summed E-state index contributed by atoms with van der Waals surface area (Å²) < 4.78 is 0. The number of carbonyl (C=O) groups excluding carboxylic acids is 2. The Morgan fingerprint density at radius 3 is 2.65 bits per heavy atom. The van der Waals surface area contributed by atoms with E-state index in [-0.39, 0.29) is 17.9 Å². The lowest BCUT2D eigenvalue weighted by atomic mass is 9.97. The summed E-state index contributed by atoms with van der Waals surface area (Å²) in [4.78, 5) is 26.4. The van der Waals surface area contributed by atoms with Gasteiger partial charge in [-0.25, -0.2) is 4.79 Å². The molecule has 1 unspecified atom stereocenters. The minimum absolute atomic E-state index is 0.0233. The Kier molecular flexibility index (Phi) is 4.92. The monoisotopic (exact) mass is 329 g/mol. The molecule has 0 saturated carbocycles. The minimum Gasteiger partial charge on any atom is -0.326 e. The number of carbonyl (C=O) groups is 2. The van der Waals surface area contributed by atoms with E-state index in [9.17, 15) is 9.59 Å². The number of rotatable bonds is 3. The van der Waals surface area contributed by atoms with E-state index >= 15 is 0 Å². The number of likely N-dealkylation sites (tertiary alicyclic amines) is 1. The zero-order chi connectivity index (χ0) is 16.1. The number of anilines is 2. The molecule has 120 valence electrons. The Hall–Kier alpha value is -2.34. The zero-order valence-corrected chi connectivity index (χ0v) is 13.5. The van der Waals surface area contributed by atoms with Crippen LogP contribution in [0.1, 0.15) is 12.8 Å². The van der Waals surface area contributed by atoms with Crippen molar-refractivity contribution in [1.29, 1.82) is 0 Å². The third-order valence-electron chi connectivity index (χ3n) is 3.87. The van der Waals surface area contributed by atoms with Crippen LogP contribution in [0.5, 0.6) is 0 Å². The molecule has 6 heteroatoms. The molecule has 2 heterocycles. The maximum absolute atomic E-state index is 12.4. The van der Waals surface area contributed by atoms with Gasteiger partial charge < -0.3 is 10.2 Å². The SMILES string of the molecule is O=C(Nc1ccccc1)C1CCCN(C(=O)Nc2cccs2)C1. The molecule has 1 aromatic heterocycles. The number of thiophene rings is 1. The predicted molar refractivity (Wildman–Crippen MR) is 92.7 cm³/mol. The predicted octanol–water partition coefficient (Wildman–Crippen LogP) is 3.63. The molecule has 23 heavy (non-hydrogen) atoms. The summed E-state index contributed by atoms with van der Waals surface area (Å²) in [5.74, 6) is -0.192. The van der Waals surface area contributed by atoms with Gasteiger partial charge in [-0.3, -0.25) is 10.1 Å². The lowest BCUT2D eigenvalue weighted by molar-refractivity contribution is -0.121. The lowest BCUT2D eigenvalue weighted by Gasteiger charge is -2.31. The van der Waals surface area contributed by atoms with Gasteiger partial charge in [0.25, 0.3) is 0 Å². The molecule has 1 saturated heterocycles. The van der Waals surface area contributed by atoms with E-state index < -0.39 is 0 Å². The van der Waals surface area contributed by atoms with Crippen LogP contribution in [0.3, 0.4) is 0 Å². The second kappa shape index (κ2) is 7.28. The molecule has 0 spiro atoms. The van der Waals surface area contributed by atoms with E-state index in [4.69, 9.17) is 0 Å². The van der Waals surface area contributed by atoms with Crippen LogP contribution in [-0.4, -0.2) is 29.9 Å². The van der Waals surface area contributed by atoms with Gasteiger partial charge in [-0.15, -0.1) is 11.3 Å². The van der Waals surface area contributed by atoms with Crippen molar-refractivity contribution in [3.8, 4) is 0 Å². The fraction of sp³-hybridized carbons (Fsp3) is 0.294. The number of hydrogen-bond donors (Lipinski definition) is 2. The third-order valence-corrected chi connectivity index (χ3v) is 4.66. The highest BCUT2D eigenvalue weighted by Crippen LogP contribution is 2.21. The molecule has 1 aromatic carbocycles. The quantitative estimate of drug-likeness (QED) is 0.903. The van der Waals surface area contributed by atoms with Crippen molar-refractivity contribution in [2.75, 3.05) is 23.7 Å². The molecule has 1 aliphatic rings. The average Bonchev–Trinajstić information content (AvgIpc) is 3.09. The second-order valence-corrected chi connectivity index (χ2v) is 6.50. The zero-order valence-electron chi connectivity index (χ0n) is 12.7. The highest BCUT2D eigenvalue weighted by atomic mass is 32.1. The lowest BCUT2D eigenvalue weighted by Crippen LogP contribution is -2.45. The molecule has 1 fully saturated rings. The Morgan fingerprint density at radius 1 is 1.09 bits per heavy atom. The first-order chi connectivity index (χ1) is 11.2. The van der Waals surface area contributed by atoms with Crippen LogP contribution < -0.4 is 10.6 Å². The topological polar surface area (TPSA) is 61.4 Å². The van der Waals surface area contributed by atoms with Crippen molar-refractivity contribution < 1.29 is 9.59 Å². The van der Waals surface area contributed by atoms with E-state index in [0.29, 0.717) is 13.1 Å². The van der Waals surface area contributed by atoms with E-state index in [1.165, 1.54) is 11.3 Å². The fourth-order valence-corrected chi connectivity index (χ4v) is 3.28. The number of piperidine rings is 1. The van der Waals surface area contributed by atoms with Crippen molar-refractivity contribution in [3.63, 3.8) is 0 Å². The summed E-state index contributed by atoms with van der Waals surface area (Å²) in [5.41, 5.74) is 0.790. The number of amides is 3. The number of hydrogen-bond acceptors (Lipinski definition) is 3. The van der Waals surface area contributed by atoms with Gasteiger partial charge in [0.2, 0.25) is 5.91 Å². The molecule has 0 bridgehead atoms. The van der Waals surface area contributed by atoms with Crippen LogP contribution in [0.25, 0.3) is 0 Å². The Balaban J connectivity index is 1.57. The van der Waals surface area contributed by atoms with Crippen LogP contribution >= 0.6 is 11.3 Å². The first-order valence-electron chi connectivity index (χ1n) is 7.68. The van der Waals surface area contributed by atoms with Gasteiger partial charge in [0.05, 0.1) is 10.9 Å². The van der Waals surface area contributed by atoms with Gasteiger partial charge in [0, 0.05) is 18.8 Å². The van der Waals surface area contributed by atoms with Gasteiger partial charge in [-0.1, -0.05) is 18.2 Å². The van der Waals surface area contributed by atoms with Crippen LogP contribution in [0.2, 0.25) is 0 Å². The maximum Gasteiger partial charge on any atom is 0.322 e. The van der Waals surface area contributed by atoms with Crippen LogP contribution in [0, 0.1) is 5.92 Å². The van der Waals surface area contributed by atoms with Crippen molar-refractivity contribution in [2.24, 2.45) is 5.92 Å².